The monoisotopic (exact) mass is 332 g/mol. The number of nitrogens with two attached hydrogens (primary N) is 1. The molecule has 1 aromatic carbocycles. The Hall–Kier alpha value is -2.52. The van der Waals surface area contributed by atoms with Gasteiger partial charge in [0, 0.05) is 19.8 Å². The molecule has 0 bridgehead atoms. The molecular formula is C14H16N6O2S. The fraction of sp³-hybridized carbons (Fsp3) is 0.214. The first-order chi connectivity index (χ1) is 11.0. The Bertz CT molecular complexity index is 779. The van der Waals surface area contributed by atoms with Gasteiger partial charge in [0.1, 0.15) is 16.7 Å². The van der Waals surface area contributed by atoms with Crippen molar-refractivity contribution in [3.8, 4) is 0 Å². The second kappa shape index (κ2) is 5.94. The SMILES string of the molecule is CN1CC(=O)N(C)c2cnc(Nc3ccc(S(N)=O)cc3)nc21. The standard InChI is InChI=1S/C14H16N6O2S/c1-19-8-12(21)20(2)11-7-16-14(18-13(11)19)17-9-3-5-10(6-4-9)23(15)22/h3-7H,8,15H2,1-2H3,(H,16,17,18). The number of hydrogen-bond acceptors (Lipinski definition) is 6. The fourth-order valence-electron chi connectivity index (χ4n) is 2.26. The normalized spacial score (nSPS) is 15.3. The molecule has 0 spiro atoms. The molecule has 8 nitrogen and oxygen atoms in total. The lowest BCUT2D eigenvalue weighted by Gasteiger charge is -2.31. The average Bonchev–Trinajstić information content (AvgIpc) is 2.53. The van der Waals surface area contributed by atoms with Gasteiger partial charge in [0.2, 0.25) is 11.9 Å². The molecule has 1 unspecified atom stereocenters. The van der Waals surface area contributed by atoms with Gasteiger partial charge < -0.3 is 15.1 Å². The predicted octanol–water partition coefficient (Wildman–Crippen LogP) is 0.614. The average molecular weight is 332 g/mol. The number of aromatic nitrogens is 2. The van der Waals surface area contributed by atoms with Crippen molar-refractivity contribution in [2.24, 2.45) is 5.14 Å². The van der Waals surface area contributed by atoms with E-state index in [0.717, 1.165) is 5.69 Å². The van der Waals surface area contributed by atoms with Gasteiger partial charge in [-0.2, -0.15) is 4.98 Å². The van der Waals surface area contributed by atoms with Crippen LogP contribution in [-0.4, -0.2) is 40.7 Å². The maximum absolute atomic E-state index is 11.8. The zero-order chi connectivity index (χ0) is 16.6. The van der Waals surface area contributed by atoms with Crippen LogP contribution in [-0.2, 0) is 15.8 Å². The molecule has 1 aliphatic heterocycles. The molecule has 0 saturated heterocycles. The van der Waals surface area contributed by atoms with E-state index in [2.05, 4.69) is 15.3 Å². The Kier molecular flexibility index (Phi) is 3.97. The second-order valence-corrected chi connectivity index (χ2v) is 6.22. The molecule has 1 amide bonds. The highest BCUT2D eigenvalue weighted by Crippen LogP contribution is 2.30. The Morgan fingerprint density at radius 3 is 2.61 bits per heavy atom. The third-order valence-corrected chi connectivity index (χ3v) is 4.30. The zero-order valence-electron chi connectivity index (χ0n) is 12.7. The van der Waals surface area contributed by atoms with Gasteiger partial charge in [-0.1, -0.05) is 0 Å². The maximum atomic E-state index is 11.8. The van der Waals surface area contributed by atoms with Gasteiger partial charge in [0.05, 0.1) is 17.6 Å². The number of hydrogen-bond donors (Lipinski definition) is 2. The smallest absolute Gasteiger partial charge is 0.246 e. The number of benzene rings is 1. The topological polar surface area (TPSA) is 104 Å². The van der Waals surface area contributed by atoms with Crippen molar-refractivity contribution in [1.29, 1.82) is 0 Å². The highest BCUT2D eigenvalue weighted by molar-refractivity contribution is 7.82. The van der Waals surface area contributed by atoms with Crippen LogP contribution in [0, 0.1) is 0 Å². The summed E-state index contributed by atoms with van der Waals surface area (Å²) in [5, 5.41) is 8.40. The van der Waals surface area contributed by atoms with Crippen molar-refractivity contribution in [3.63, 3.8) is 0 Å². The lowest BCUT2D eigenvalue weighted by molar-refractivity contribution is -0.117. The van der Waals surface area contributed by atoms with Crippen LogP contribution in [0.15, 0.2) is 35.4 Å². The number of carbonyl (C=O) groups is 1. The molecule has 0 fully saturated rings. The second-order valence-electron chi connectivity index (χ2n) is 5.16. The Morgan fingerprint density at radius 2 is 1.96 bits per heavy atom. The van der Waals surface area contributed by atoms with E-state index < -0.39 is 11.0 Å². The summed E-state index contributed by atoms with van der Waals surface area (Å²) < 4.78 is 11.2. The van der Waals surface area contributed by atoms with Gasteiger partial charge in [-0.05, 0) is 24.3 Å². The molecular weight excluding hydrogens is 316 g/mol. The van der Waals surface area contributed by atoms with Gasteiger partial charge in [-0.15, -0.1) is 0 Å². The van der Waals surface area contributed by atoms with Gasteiger partial charge in [0.25, 0.3) is 0 Å². The minimum Gasteiger partial charge on any atom is -0.348 e. The zero-order valence-corrected chi connectivity index (χ0v) is 13.5. The number of anilines is 4. The van der Waals surface area contributed by atoms with Crippen molar-refractivity contribution in [2.75, 3.05) is 35.8 Å². The van der Waals surface area contributed by atoms with E-state index in [9.17, 15) is 9.00 Å². The molecule has 0 radical (unpaired) electrons. The Balaban J connectivity index is 1.86. The molecule has 1 aliphatic rings. The van der Waals surface area contributed by atoms with Crippen molar-refractivity contribution >= 4 is 40.0 Å². The summed E-state index contributed by atoms with van der Waals surface area (Å²) in [5.41, 5.74) is 1.42. The minimum atomic E-state index is -1.50. The third-order valence-electron chi connectivity index (χ3n) is 3.56. The molecule has 2 heterocycles. The van der Waals surface area contributed by atoms with E-state index in [0.29, 0.717) is 22.3 Å². The van der Waals surface area contributed by atoms with E-state index in [1.807, 2.05) is 7.05 Å². The van der Waals surface area contributed by atoms with Crippen molar-refractivity contribution in [2.45, 2.75) is 4.90 Å². The van der Waals surface area contributed by atoms with Crippen molar-refractivity contribution in [1.82, 2.24) is 9.97 Å². The number of nitrogens with zero attached hydrogens (tertiary/aromatic N) is 4. The predicted molar refractivity (Wildman–Crippen MR) is 89.0 cm³/mol. The minimum absolute atomic E-state index is 0.00492. The number of likely N-dealkylation sites (N-methyl/N-ethyl adjacent to an activating group) is 2. The van der Waals surface area contributed by atoms with Crippen LogP contribution >= 0.6 is 0 Å². The van der Waals surface area contributed by atoms with Crippen LogP contribution in [0.4, 0.5) is 23.1 Å². The van der Waals surface area contributed by atoms with Crippen LogP contribution in [0.5, 0.6) is 0 Å². The highest BCUT2D eigenvalue weighted by atomic mass is 32.2. The molecule has 3 rings (SSSR count). The summed E-state index contributed by atoms with van der Waals surface area (Å²) in [6.07, 6.45) is 1.61. The van der Waals surface area contributed by atoms with Gasteiger partial charge in [0.15, 0.2) is 5.82 Å². The largest absolute Gasteiger partial charge is 0.348 e. The van der Waals surface area contributed by atoms with Crippen LogP contribution in [0.2, 0.25) is 0 Å². The number of rotatable bonds is 3. The first-order valence-electron chi connectivity index (χ1n) is 6.83. The molecule has 1 atom stereocenters. The number of fused-ring (bicyclic) bond motifs is 1. The quantitative estimate of drug-likeness (QED) is 0.853. The molecule has 0 saturated carbocycles. The van der Waals surface area contributed by atoms with Crippen LogP contribution in [0.3, 0.4) is 0 Å². The third kappa shape index (κ3) is 3.01. The fourth-order valence-corrected chi connectivity index (χ4v) is 2.67. The highest BCUT2D eigenvalue weighted by Gasteiger charge is 2.26. The van der Waals surface area contributed by atoms with Crippen molar-refractivity contribution < 1.29 is 9.00 Å². The van der Waals surface area contributed by atoms with Crippen LogP contribution < -0.4 is 20.3 Å². The van der Waals surface area contributed by atoms with Gasteiger partial charge >= 0.3 is 0 Å². The van der Waals surface area contributed by atoms with Crippen LogP contribution in [0.1, 0.15) is 0 Å². The molecule has 2 aromatic rings. The maximum Gasteiger partial charge on any atom is 0.246 e. The number of nitrogens with one attached hydrogen (secondary N) is 1. The summed E-state index contributed by atoms with van der Waals surface area (Å²) >= 11 is 0. The first kappa shape index (κ1) is 15.4. The molecule has 9 heteroatoms. The molecule has 120 valence electrons. The van der Waals surface area contributed by atoms with Gasteiger partial charge in [-0.3, -0.25) is 4.79 Å². The van der Waals surface area contributed by atoms with E-state index >= 15 is 0 Å². The Morgan fingerprint density at radius 1 is 1.26 bits per heavy atom. The summed E-state index contributed by atoms with van der Waals surface area (Å²) in [6, 6.07) is 6.86. The number of amides is 1. The first-order valence-corrected chi connectivity index (χ1v) is 8.05. The lowest BCUT2D eigenvalue weighted by Crippen LogP contribution is -2.42. The lowest BCUT2D eigenvalue weighted by atomic mass is 10.3. The molecule has 23 heavy (non-hydrogen) atoms. The summed E-state index contributed by atoms with van der Waals surface area (Å²) in [6.45, 7) is 0.275. The van der Waals surface area contributed by atoms with Crippen molar-refractivity contribution in [3.05, 3.63) is 30.5 Å². The Labute approximate surface area is 135 Å². The molecule has 1 aromatic heterocycles. The molecule has 0 aliphatic carbocycles. The summed E-state index contributed by atoms with van der Waals surface area (Å²) in [7, 11) is 2.02. The summed E-state index contributed by atoms with van der Waals surface area (Å²) in [4.78, 5) is 24.4. The van der Waals surface area contributed by atoms with E-state index in [-0.39, 0.29) is 12.5 Å². The van der Waals surface area contributed by atoms with E-state index in [4.69, 9.17) is 5.14 Å². The number of carbonyl (C=O) groups excluding carboxylic acids is 1. The van der Waals surface area contributed by atoms with Crippen LogP contribution in [0.25, 0.3) is 0 Å². The van der Waals surface area contributed by atoms with E-state index in [1.54, 1.807) is 47.3 Å². The summed E-state index contributed by atoms with van der Waals surface area (Å²) in [5.74, 6) is 1.10. The van der Waals surface area contributed by atoms with Gasteiger partial charge in [-0.25, -0.2) is 14.3 Å². The molecule has 3 N–H and O–H groups in total. The van der Waals surface area contributed by atoms with E-state index in [1.165, 1.54) is 0 Å².